The number of rotatable bonds is 2. The third-order valence-corrected chi connectivity index (χ3v) is 4.39. The SMILES string of the molecule is CC1(C)OB(C(N)c2c(Cl)cncc2Cl)OC1(C)C. The van der Waals surface area contributed by atoms with Crippen LogP contribution in [-0.2, 0) is 9.31 Å². The van der Waals surface area contributed by atoms with Gasteiger partial charge in [-0.2, -0.15) is 0 Å². The van der Waals surface area contributed by atoms with Gasteiger partial charge in [0.2, 0.25) is 0 Å². The van der Waals surface area contributed by atoms with Crippen molar-refractivity contribution < 1.29 is 9.31 Å². The molecule has 2 heterocycles. The van der Waals surface area contributed by atoms with E-state index in [0.29, 0.717) is 15.6 Å². The quantitative estimate of drug-likeness (QED) is 0.853. The first-order valence-electron chi connectivity index (χ1n) is 6.06. The van der Waals surface area contributed by atoms with E-state index < -0.39 is 24.3 Å². The van der Waals surface area contributed by atoms with Crippen molar-refractivity contribution >= 4 is 30.3 Å². The smallest absolute Gasteiger partial charge is 0.402 e. The van der Waals surface area contributed by atoms with Gasteiger partial charge in [-0.15, -0.1) is 0 Å². The summed E-state index contributed by atoms with van der Waals surface area (Å²) in [6, 6.07) is 0. The molecule has 1 aromatic heterocycles. The van der Waals surface area contributed by atoms with Crippen LogP contribution < -0.4 is 5.73 Å². The van der Waals surface area contributed by atoms with Crippen LogP contribution in [0.1, 0.15) is 39.2 Å². The maximum absolute atomic E-state index is 6.20. The maximum Gasteiger partial charge on any atom is 0.480 e. The molecule has 104 valence electrons. The molecule has 1 fully saturated rings. The summed E-state index contributed by atoms with van der Waals surface area (Å²) in [6.07, 6.45) is 3.02. The summed E-state index contributed by atoms with van der Waals surface area (Å²) in [5.74, 6) is -0.566. The van der Waals surface area contributed by atoms with Crippen LogP contribution in [-0.4, -0.2) is 23.3 Å². The summed E-state index contributed by atoms with van der Waals surface area (Å²) in [4.78, 5) is 3.91. The lowest BCUT2D eigenvalue weighted by molar-refractivity contribution is 0.00578. The van der Waals surface area contributed by atoms with E-state index in [1.807, 2.05) is 27.7 Å². The minimum Gasteiger partial charge on any atom is -0.402 e. The molecule has 2 rings (SSSR count). The number of pyridine rings is 1. The minimum absolute atomic E-state index is 0.412. The Labute approximate surface area is 123 Å². The summed E-state index contributed by atoms with van der Waals surface area (Å²) in [6.45, 7) is 7.87. The van der Waals surface area contributed by atoms with Crippen molar-refractivity contribution in [1.29, 1.82) is 0 Å². The number of aromatic nitrogens is 1. The van der Waals surface area contributed by atoms with Crippen molar-refractivity contribution in [2.45, 2.75) is 44.8 Å². The number of hydrogen-bond donors (Lipinski definition) is 1. The molecular weight excluding hydrogens is 286 g/mol. The van der Waals surface area contributed by atoms with Crippen LogP contribution in [0.25, 0.3) is 0 Å². The number of nitrogens with zero attached hydrogens (tertiary/aromatic N) is 1. The molecule has 0 aliphatic carbocycles. The van der Waals surface area contributed by atoms with Crippen molar-refractivity contribution in [2.24, 2.45) is 5.73 Å². The molecule has 2 N–H and O–H groups in total. The average molecular weight is 303 g/mol. The van der Waals surface area contributed by atoms with Gasteiger partial charge in [0.25, 0.3) is 0 Å². The summed E-state index contributed by atoms with van der Waals surface area (Å²) in [7, 11) is -0.595. The van der Waals surface area contributed by atoms with Gasteiger partial charge in [0.15, 0.2) is 0 Å². The highest BCUT2D eigenvalue weighted by Gasteiger charge is 2.53. The second-order valence-corrected chi connectivity index (χ2v) is 6.48. The highest BCUT2D eigenvalue weighted by Crippen LogP contribution is 2.41. The maximum atomic E-state index is 6.20. The van der Waals surface area contributed by atoms with Crippen LogP contribution in [0.15, 0.2) is 12.4 Å². The number of halogens is 2. The van der Waals surface area contributed by atoms with Gasteiger partial charge in [0.05, 0.1) is 27.2 Å². The Bertz CT molecular complexity index is 460. The van der Waals surface area contributed by atoms with Gasteiger partial charge in [-0.05, 0) is 27.7 Å². The largest absolute Gasteiger partial charge is 0.480 e. The molecule has 7 heteroatoms. The lowest BCUT2D eigenvalue weighted by Gasteiger charge is -2.32. The van der Waals surface area contributed by atoms with E-state index in [9.17, 15) is 0 Å². The van der Waals surface area contributed by atoms with Gasteiger partial charge in [0.1, 0.15) is 0 Å². The van der Waals surface area contributed by atoms with Crippen LogP contribution in [0.2, 0.25) is 10.0 Å². The van der Waals surface area contributed by atoms with E-state index in [4.69, 9.17) is 38.2 Å². The van der Waals surface area contributed by atoms with Gasteiger partial charge >= 0.3 is 7.12 Å². The molecule has 1 saturated heterocycles. The molecule has 1 unspecified atom stereocenters. The highest BCUT2D eigenvalue weighted by molar-refractivity contribution is 6.49. The first-order valence-corrected chi connectivity index (χ1v) is 6.81. The van der Waals surface area contributed by atoms with E-state index in [-0.39, 0.29) is 0 Å². The first-order chi connectivity index (χ1) is 8.66. The molecule has 0 bridgehead atoms. The van der Waals surface area contributed by atoms with Gasteiger partial charge in [-0.3, -0.25) is 4.98 Å². The van der Waals surface area contributed by atoms with Crippen LogP contribution in [0.4, 0.5) is 0 Å². The fourth-order valence-corrected chi connectivity index (χ4v) is 2.53. The lowest BCUT2D eigenvalue weighted by Crippen LogP contribution is -2.41. The van der Waals surface area contributed by atoms with E-state index in [0.717, 1.165) is 0 Å². The monoisotopic (exact) mass is 302 g/mol. The molecule has 1 aliphatic heterocycles. The summed E-state index contributed by atoms with van der Waals surface area (Å²) >= 11 is 12.2. The number of nitrogens with two attached hydrogens (primary N) is 1. The Morgan fingerprint density at radius 3 is 1.95 bits per heavy atom. The summed E-state index contributed by atoms with van der Waals surface area (Å²) in [5, 5.41) is 0.824. The van der Waals surface area contributed by atoms with Crippen molar-refractivity contribution in [2.75, 3.05) is 0 Å². The Balaban J connectivity index is 2.30. The Morgan fingerprint density at radius 2 is 1.53 bits per heavy atom. The zero-order chi connectivity index (χ0) is 14.4. The van der Waals surface area contributed by atoms with Gasteiger partial charge in [0, 0.05) is 18.0 Å². The third kappa shape index (κ3) is 2.62. The molecule has 19 heavy (non-hydrogen) atoms. The molecule has 0 saturated carbocycles. The van der Waals surface area contributed by atoms with Gasteiger partial charge in [-0.1, -0.05) is 23.2 Å². The standard InChI is InChI=1S/C12H17BCl2N2O2/c1-11(2)12(3,4)19-13(18-11)10(16)9-7(14)5-17-6-8(9)15/h5-6,10H,16H2,1-4H3. The van der Waals surface area contributed by atoms with Crippen LogP contribution in [0.3, 0.4) is 0 Å². The predicted octanol–water partition coefficient (Wildman–Crippen LogP) is 3.02. The lowest BCUT2D eigenvalue weighted by atomic mass is 9.75. The molecule has 1 atom stereocenters. The predicted molar refractivity (Wildman–Crippen MR) is 77.3 cm³/mol. The zero-order valence-corrected chi connectivity index (χ0v) is 12.9. The fourth-order valence-electron chi connectivity index (χ4n) is 1.91. The molecule has 0 amide bonds. The van der Waals surface area contributed by atoms with Crippen LogP contribution in [0, 0.1) is 0 Å². The molecule has 4 nitrogen and oxygen atoms in total. The molecule has 1 aromatic rings. The molecule has 0 aromatic carbocycles. The van der Waals surface area contributed by atoms with Gasteiger partial charge < -0.3 is 15.0 Å². The molecular formula is C12H17BCl2N2O2. The average Bonchev–Trinajstić information content (AvgIpc) is 2.47. The Kier molecular flexibility index (Phi) is 3.89. The van der Waals surface area contributed by atoms with Gasteiger partial charge in [-0.25, -0.2) is 0 Å². The van der Waals surface area contributed by atoms with E-state index in [1.165, 1.54) is 12.4 Å². The second kappa shape index (κ2) is 4.90. The van der Waals surface area contributed by atoms with Crippen molar-refractivity contribution in [1.82, 2.24) is 4.98 Å². The van der Waals surface area contributed by atoms with Crippen LogP contribution in [0.5, 0.6) is 0 Å². The normalized spacial score (nSPS) is 22.6. The van der Waals surface area contributed by atoms with E-state index in [1.54, 1.807) is 0 Å². The molecule has 0 radical (unpaired) electrons. The minimum atomic E-state index is -0.595. The summed E-state index contributed by atoms with van der Waals surface area (Å²) in [5.41, 5.74) is 5.91. The topological polar surface area (TPSA) is 57.4 Å². The number of hydrogen-bond acceptors (Lipinski definition) is 4. The van der Waals surface area contributed by atoms with Crippen LogP contribution >= 0.6 is 23.2 Å². The highest BCUT2D eigenvalue weighted by atomic mass is 35.5. The Hall–Kier alpha value is -0.325. The van der Waals surface area contributed by atoms with Crippen molar-refractivity contribution in [3.05, 3.63) is 28.0 Å². The summed E-state index contributed by atoms with van der Waals surface area (Å²) < 4.78 is 11.8. The molecule has 1 aliphatic rings. The van der Waals surface area contributed by atoms with Crippen molar-refractivity contribution in [3.8, 4) is 0 Å². The van der Waals surface area contributed by atoms with E-state index >= 15 is 0 Å². The van der Waals surface area contributed by atoms with Crippen molar-refractivity contribution in [3.63, 3.8) is 0 Å². The fraction of sp³-hybridized carbons (Fsp3) is 0.583. The second-order valence-electron chi connectivity index (χ2n) is 5.67. The zero-order valence-electron chi connectivity index (χ0n) is 11.4. The Morgan fingerprint density at radius 1 is 1.11 bits per heavy atom. The third-order valence-electron chi connectivity index (χ3n) is 3.79. The molecule has 0 spiro atoms. The van der Waals surface area contributed by atoms with E-state index in [2.05, 4.69) is 4.98 Å². The first kappa shape index (κ1) is 15.1.